The number of aliphatic hydroxyl groups is 1. The van der Waals surface area contributed by atoms with Crippen molar-refractivity contribution in [2.45, 2.75) is 84.5 Å². The van der Waals surface area contributed by atoms with Gasteiger partial charge in [-0.1, -0.05) is 46.8 Å². The van der Waals surface area contributed by atoms with Crippen LogP contribution in [0.5, 0.6) is 0 Å². The lowest BCUT2D eigenvalue weighted by atomic mass is 9.82. The van der Waals surface area contributed by atoms with Gasteiger partial charge in [0, 0.05) is 44.1 Å². The van der Waals surface area contributed by atoms with E-state index >= 15 is 0 Å². The van der Waals surface area contributed by atoms with Gasteiger partial charge in [-0.05, 0) is 6.92 Å². The van der Waals surface area contributed by atoms with Crippen molar-refractivity contribution in [2.24, 2.45) is 23.7 Å². The smallest absolute Gasteiger partial charge is 0.373 e. The molecule has 0 amide bonds. The quantitative estimate of drug-likeness (QED) is 0.259. The lowest BCUT2D eigenvalue weighted by molar-refractivity contribution is -0.225. The Labute approximate surface area is 251 Å². The summed E-state index contributed by atoms with van der Waals surface area (Å²) >= 11 is 0. The van der Waals surface area contributed by atoms with Crippen LogP contribution in [0.15, 0.2) is 12.2 Å². The second-order valence-corrected chi connectivity index (χ2v) is 12.5. The number of fused-ring (bicyclic) bond motifs is 2. The highest BCUT2D eigenvalue weighted by Gasteiger charge is 2.59. The normalized spacial score (nSPS) is 35.0. The summed E-state index contributed by atoms with van der Waals surface area (Å²) < 4.78 is 46.7. The lowest BCUT2D eigenvalue weighted by Crippen LogP contribution is -2.53. The number of hydrogen-bond acceptors (Lipinski definition) is 15. The number of ether oxygens (including phenoxy) is 5. The zero-order valence-electron chi connectivity index (χ0n) is 25.8. The van der Waals surface area contributed by atoms with Crippen LogP contribution in [0.3, 0.4) is 0 Å². The Kier molecular flexibility index (Phi) is 18.5. The standard InChI is InChI=1S/C12H20O4.C9H12O4.C4H11O3P.2CO2/c1-5-6-9-7(2)10(13)8(3)11(16-9)12(14)15-4;1-3-5-4(2)7-9(12-5)13-8(10)6(3)11-7;1-4-8(5,6-2)7-3;2*2-1-3/h5-11,13H,1-4H3;3-7,9H,1-2H3;4H2,1-3H3;;/b6-5+;;;;/t7-,8-,9+,10-,11+;3-,4+,5?,6+,7-,9-;;;/m11.../s1. The van der Waals surface area contributed by atoms with Crippen molar-refractivity contribution < 1.29 is 71.2 Å². The molecule has 0 aromatic heterocycles. The van der Waals surface area contributed by atoms with Gasteiger partial charge in [-0.3, -0.25) is 4.57 Å². The van der Waals surface area contributed by atoms with Gasteiger partial charge >= 0.3 is 31.8 Å². The third kappa shape index (κ3) is 10.8. The Morgan fingerprint density at radius 1 is 0.907 bits per heavy atom. The van der Waals surface area contributed by atoms with Crippen molar-refractivity contribution in [1.29, 1.82) is 0 Å². The van der Waals surface area contributed by atoms with Crippen LogP contribution in [-0.2, 0) is 66.1 Å². The van der Waals surface area contributed by atoms with Crippen LogP contribution in [-0.4, -0.2) is 99.8 Å². The number of esters is 2. The van der Waals surface area contributed by atoms with Crippen LogP contribution in [0.25, 0.3) is 0 Å². The molecule has 1 N–H and O–H groups in total. The molecule has 4 heterocycles. The molecule has 4 saturated heterocycles. The first-order valence-corrected chi connectivity index (χ1v) is 15.2. The predicted molar refractivity (Wildman–Crippen MR) is 144 cm³/mol. The zero-order valence-corrected chi connectivity index (χ0v) is 26.7. The first kappa shape index (κ1) is 40.4. The summed E-state index contributed by atoms with van der Waals surface area (Å²) in [6.07, 6.45) is 2.41. The van der Waals surface area contributed by atoms with E-state index in [0.717, 1.165) is 0 Å². The third-order valence-corrected chi connectivity index (χ3v) is 9.38. The fourth-order valence-corrected chi connectivity index (χ4v) is 5.66. The van der Waals surface area contributed by atoms with Gasteiger partial charge in [-0.15, -0.1) is 0 Å². The van der Waals surface area contributed by atoms with Gasteiger partial charge in [0.05, 0.1) is 25.4 Å². The Morgan fingerprint density at radius 3 is 1.86 bits per heavy atom. The third-order valence-electron chi connectivity index (χ3n) is 7.50. The molecule has 0 saturated carbocycles. The summed E-state index contributed by atoms with van der Waals surface area (Å²) in [6, 6.07) is 0. The van der Waals surface area contributed by atoms with Gasteiger partial charge in [-0.2, -0.15) is 19.2 Å². The molecule has 246 valence electrons. The van der Waals surface area contributed by atoms with Gasteiger partial charge in [0.1, 0.15) is 6.10 Å². The summed E-state index contributed by atoms with van der Waals surface area (Å²) in [5.74, 6) is -0.497. The molecule has 4 rings (SSSR count). The highest BCUT2D eigenvalue weighted by molar-refractivity contribution is 7.53. The van der Waals surface area contributed by atoms with Crippen molar-refractivity contribution in [3.05, 3.63) is 12.2 Å². The Balaban J connectivity index is 0.000000585. The Morgan fingerprint density at radius 2 is 1.44 bits per heavy atom. The largest absolute Gasteiger partial charge is 0.467 e. The van der Waals surface area contributed by atoms with E-state index in [1.54, 1.807) is 13.8 Å². The fourth-order valence-electron chi connectivity index (χ4n) is 4.99. The summed E-state index contributed by atoms with van der Waals surface area (Å²) in [7, 11) is 1.43. The minimum Gasteiger partial charge on any atom is -0.467 e. The SMILES string of the molecule is C/C=C/[C@@H]1O[C@H](C(=O)OC)[C@H](C)[C@H](O)[C@@H]1C.CCP(=O)(OC)OC.C[C@@H]1C2O[C@@H]3OC(=O)[C@H]1O[C@@H]3[C@H]2C.O=C=O.O=C=O. The zero-order chi connectivity index (χ0) is 33.5. The van der Waals surface area contributed by atoms with E-state index in [-0.39, 0.29) is 54.3 Å². The molecule has 43 heavy (non-hydrogen) atoms. The molecule has 4 aliphatic heterocycles. The van der Waals surface area contributed by atoms with Crippen molar-refractivity contribution in [3.63, 3.8) is 0 Å². The molecule has 0 radical (unpaired) electrons. The minimum atomic E-state index is -2.66. The molecule has 4 fully saturated rings. The maximum atomic E-state index is 11.5. The number of aliphatic hydroxyl groups excluding tert-OH is 1. The minimum absolute atomic E-state index is 0.0212. The number of carbonyl (C=O) groups excluding carboxylic acids is 6. The average molecular weight is 639 g/mol. The van der Waals surface area contributed by atoms with Crippen molar-refractivity contribution in [3.8, 4) is 0 Å². The summed E-state index contributed by atoms with van der Waals surface area (Å²) in [4.78, 5) is 55.3. The Bertz CT molecular complexity index is 989. The van der Waals surface area contributed by atoms with E-state index in [9.17, 15) is 19.3 Å². The van der Waals surface area contributed by atoms with E-state index in [4.69, 9.17) is 38.1 Å². The molecule has 0 spiro atoms. The maximum absolute atomic E-state index is 11.5. The van der Waals surface area contributed by atoms with E-state index in [1.807, 2.05) is 32.9 Å². The molecule has 4 aliphatic rings. The van der Waals surface area contributed by atoms with E-state index < -0.39 is 38.2 Å². The molecular formula is C27H43O15P. The molecule has 3 bridgehead atoms. The predicted octanol–water partition coefficient (Wildman–Crippen LogP) is 1.77. The summed E-state index contributed by atoms with van der Waals surface area (Å²) in [6.45, 7) is 11.4. The van der Waals surface area contributed by atoms with Crippen LogP contribution >= 0.6 is 7.60 Å². The molecule has 0 aromatic rings. The van der Waals surface area contributed by atoms with Crippen molar-refractivity contribution in [1.82, 2.24) is 0 Å². The van der Waals surface area contributed by atoms with Gasteiger partial charge in [0.15, 0.2) is 12.2 Å². The molecule has 1 unspecified atom stereocenters. The maximum Gasteiger partial charge on any atom is 0.373 e. The highest BCUT2D eigenvalue weighted by Crippen LogP contribution is 2.46. The van der Waals surface area contributed by atoms with Crippen LogP contribution in [0.1, 0.15) is 41.5 Å². The van der Waals surface area contributed by atoms with Gasteiger partial charge in [0.25, 0.3) is 0 Å². The van der Waals surface area contributed by atoms with Crippen LogP contribution in [0.2, 0.25) is 0 Å². The second-order valence-electron chi connectivity index (χ2n) is 9.88. The monoisotopic (exact) mass is 638 g/mol. The van der Waals surface area contributed by atoms with Gasteiger partial charge < -0.3 is 37.8 Å². The number of rotatable bonds is 5. The molecule has 15 nitrogen and oxygen atoms in total. The molecule has 16 heteroatoms. The first-order chi connectivity index (χ1) is 20.2. The number of hydrogen-bond donors (Lipinski definition) is 1. The highest BCUT2D eigenvalue weighted by atomic mass is 31.2. The molecule has 0 aliphatic carbocycles. The summed E-state index contributed by atoms with van der Waals surface area (Å²) in [5, 5.41) is 10.0. The van der Waals surface area contributed by atoms with E-state index in [1.165, 1.54) is 21.3 Å². The van der Waals surface area contributed by atoms with E-state index in [2.05, 4.69) is 20.7 Å². The Hall–Kier alpha value is -2.57. The molecule has 11 atom stereocenters. The van der Waals surface area contributed by atoms with Gasteiger partial charge in [-0.25, -0.2) is 9.59 Å². The summed E-state index contributed by atoms with van der Waals surface area (Å²) in [5.41, 5.74) is 0. The first-order valence-electron chi connectivity index (χ1n) is 13.5. The van der Waals surface area contributed by atoms with Crippen molar-refractivity contribution >= 4 is 31.8 Å². The van der Waals surface area contributed by atoms with Crippen LogP contribution in [0, 0.1) is 23.7 Å². The lowest BCUT2D eigenvalue weighted by Gasteiger charge is -2.40. The fraction of sp³-hybridized carbons (Fsp3) is 0.778. The number of carbonyl (C=O) groups is 2. The number of methoxy groups -OCH3 is 1. The average Bonchev–Trinajstić information content (AvgIpc) is 3.16. The van der Waals surface area contributed by atoms with Crippen LogP contribution < -0.4 is 0 Å². The molecule has 0 aromatic carbocycles. The number of allylic oxidation sites excluding steroid dienone is 1. The van der Waals surface area contributed by atoms with Gasteiger partial charge in [0.2, 0.25) is 6.29 Å². The molecular weight excluding hydrogens is 595 g/mol. The van der Waals surface area contributed by atoms with Crippen molar-refractivity contribution in [2.75, 3.05) is 27.5 Å². The topological polar surface area (TPSA) is 204 Å². The van der Waals surface area contributed by atoms with Crippen LogP contribution in [0.4, 0.5) is 0 Å². The van der Waals surface area contributed by atoms with E-state index in [0.29, 0.717) is 12.1 Å². The second kappa shape index (κ2) is 19.7.